The van der Waals surface area contributed by atoms with Crippen molar-refractivity contribution in [3.63, 3.8) is 0 Å². The quantitative estimate of drug-likeness (QED) is 0.220. The molecule has 2 aromatic carbocycles. The van der Waals surface area contributed by atoms with Crippen LogP contribution in [-0.2, 0) is 30.5 Å². The zero-order chi connectivity index (χ0) is 36.6. The first kappa shape index (κ1) is 38.1. The van der Waals surface area contributed by atoms with Crippen LogP contribution >= 0.6 is 21.6 Å². The third kappa shape index (κ3) is 9.27. The Hall–Kier alpha value is -3.68. The molecule has 7 rings (SSSR count). The van der Waals surface area contributed by atoms with E-state index in [1.807, 2.05) is 21.6 Å². The summed E-state index contributed by atoms with van der Waals surface area (Å²) in [5, 5.41) is 28.5. The first-order valence-corrected chi connectivity index (χ1v) is 20.7. The van der Waals surface area contributed by atoms with E-state index < -0.39 is 6.10 Å². The van der Waals surface area contributed by atoms with Crippen molar-refractivity contribution in [2.75, 3.05) is 38.5 Å². The van der Waals surface area contributed by atoms with Crippen molar-refractivity contribution in [2.24, 2.45) is 28.5 Å². The molecular formula is C40H50N4O6S2. The highest BCUT2D eigenvalue weighted by molar-refractivity contribution is 8.76. The lowest BCUT2D eigenvalue weighted by Gasteiger charge is -2.37. The topological polar surface area (TPSA) is 148 Å². The zero-order valence-corrected chi connectivity index (χ0v) is 31.9. The van der Waals surface area contributed by atoms with Gasteiger partial charge in [-0.05, 0) is 48.8 Å². The number of aliphatic hydroxyl groups is 1. The molecule has 5 atom stereocenters. The highest BCUT2D eigenvalue weighted by atomic mass is 33.1. The number of hydrogen-bond acceptors (Lipinski definition) is 12. The number of carbonyl (C=O) groups is 1. The van der Waals surface area contributed by atoms with Crippen molar-refractivity contribution in [1.82, 2.24) is 10.6 Å². The maximum absolute atomic E-state index is 13.0. The lowest BCUT2D eigenvalue weighted by Crippen LogP contribution is -2.49. The first-order chi connectivity index (χ1) is 25.2. The van der Waals surface area contributed by atoms with Crippen molar-refractivity contribution >= 4 is 33.3 Å². The number of nitrogens with one attached hydrogen (secondary N) is 2. The van der Waals surface area contributed by atoms with E-state index >= 15 is 0 Å². The molecule has 0 aromatic heterocycles. The molecule has 6 bridgehead atoms. The van der Waals surface area contributed by atoms with E-state index in [-0.39, 0.29) is 60.8 Å². The van der Waals surface area contributed by atoms with Crippen LogP contribution in [0.1, 0.15) is 67.3 Å². The Morgan fingerprint density at radius 3 is 2.73 bits per heavy atom. The largest absolute Gasteiger partial charge is 0.504 e. The SMILES string of the molecule is COc1c(O)ccc2c1C#CCc1cc(c3c4c1OCNCCC#C[C@H]1NC(N)=N[C@H](C(C)C)CSSC[C@H]1[C@@H](CO4)C3)CC[C@@H](O)CC(=O)CC2. The smallest absolute Gasteiger partial charge is 0.189 e. The van der Waals surface area contributed by atoms with E-state index in [4.69, 9.17) is 24.9 Å². The Morgan fingerprint density at radius 2 is 1.90 bits per heavy atom. The number of guanidine groups is 1. The van der Waals surface area contributed by atoms with Gasteiger partial charge in [-0.15, -0.1) is 0 Å². The number of phenols is 1. The summed E-state index contributed by atoms with van der Waals surface area (Å²) in [6.07, 6.45) is 2.71. The van der Waals surface area contributed by atoms with Gasteiger partial charge in [-0.3, -0.25) is 10.1 Å². The summed E-state index contributed by atoms with van der Waals surface area (Å²) in [6, 6.07) is 5.40. The number of aliphatic hydroxyl groups excluding tert-OH is 1. The number of ketones is 1. The van der Waals surface area contributed by atoms with Gasteiger partial charge in [-0.1, -0.05) is 71.2 Å². The van der Waals surface area contributed by atoms with Crippen LogP contribution in [0.15, 0.2) is 23.2 Å². The lowest BCUT2D eigenvalue weighted by atomic mass is 9.79. The van der Waals surface area contributed by atoms with Crippen LogP contribution in [0.2, 0.25) is 0 Å². The molecule has 0 amide bonds. The van der Waals surface area contributed by atoms with Crippen LogP contribution in [0.25, 0.3) is 0 Å². The Balaban J connectivity index is 1.41. The Kier molecular flexibility index (Phi) is 13.1. The van der Waals surface area contributed by atoms with Crippen LogP contribution in [0.5, 0.6) is 23.0 Å². The maximum Gasteiger partial charge on any atom is 0.189 e. The van der Waals surface area contributed by atoms with Crippen LogP contribution in [-0.4, -0.2) is 78.6 Å². The molecule has 0 saturated carbocycles. The van der Waals surface area contributed by atoms with E-state index in [1.54, 1.807) is 12.1 Å². The summed E-state index contributed by atoms with van der Waals surface area (Å²) in [6.45, 7) is 5.74. The minimum Gasteiger partial charge on any atom is -0.504 e. The van der Waals surface area contributed by atoms with Gasteiger partial charge >= 0.3 is 0 Å². The van der Waals surface area contributed by atoms with E-state index in [0.29, 0.717) is 74.2 Å². The second-order valence-electron chi connectivity index (χ2n) is 14.2. The van der Waals surface area contributed by atoms with E-state index in [0.717, 1.165) is 40.2 Å². The second kappa shape index (κ2) is 17.9. The normalized spacial score (nSPS) is 25.6. The van der Waals surface area contributed by atoms with Gasteiger partial charge in [0, 0.05) is 66.7 Å². The highest BCUT2D eigenvalue weighted by Gasteiger charge is 2.37. The summed E-state index contributed by atoms with van der Waals surface area (Å²) in [5.74, 6) is 17.9. The summed E-state index contributed by atoms with van der Waals surface area (Å²) in [4.78, 5) is 17.9. The molecule has 10 nitrogen and oxygen atoms in total. The number of aliphatic imine (C=N–C) groups is 1. The standard InChI is InChI=1S/C40H50N4O6S2/c1-24(2)35-22-52-51-21-33-28-18-32-26-11-14-30(46)19-29(45)13-10-25-12-15-36(47)38(48-3)31(25)8-6-7-27(17-26)37(39(32)49-20-28)50-23-42-16-5-4-9-34(33)43-40(41)44-35/h12,15,17,24,28,30,33-35,42,46-47H,5,7,10-11,13-14,16,18-23H2,1-3H3,(H3,41,43,44)/t28-,30-,33+,34-,35+/m1/s1. The van der Waals surface area contributed by atoms with Gasteiger partial charge in [-0.2, -0.15) is 0 Å². The molecule has 2 aromatic rings. The van der Waals surface area contributed by atoms with E-state index in [2.05, 4.69) is 54.2 Å². The summed E-state index contributed by atoms with van der Waals surface area (Å²) in [7, 11) is 5.20. The Bertz CT molecular complexity index is 1780. The van der Waals surface area contributed by atoms with E-state index in [1.165, 1.54) is 7.11 Å². The van der Waals surface area contributed by atoms with E-state index in [9.17, 15) is 15.0 Å². The number of hydrogen-bond donors (Lipinski definition) is 5. The van der Waals surface area contributed by atoms with Gasteiger partial charge < -0.3 is 35.5 Å². The molecule has 5 aliphatic rings. The summed E-state index contributed by atoms with van der Waals surface area (Å²) in [5.41, 5.74) is 10.9. The molecule has 0 fully saturated rings. The molecule has 0 unspecified atom stereocenters. The fraction of sp³-hybridized carbons (Fsp3) is 0.550. The predicted molar refractivity (Wildman–Crippen MR) is 208 cm³/mol. The molecule has 4 aliphatic heterocycles. The molecule has 4 heterocycles. The lowest BCUT2D eigenvalue weighted by molar-refractivity contribution is -0.121. The molecule has 0 radical (unpaired) electrons. The van der Waals surface area contributed by atoms with Crippen molar-refractivity contribution in [2.45, 2.75) is 83.4 Å². The number of rotatable bonds is 2. The molecule has 1 aliphatic carbocycles. The zero-order valence-electron chi connectivity index (χ0n) is 30.3. The van der Waals surface area contributed by atoms with Crippen molar-refractivity contribution < 1.29 is 29.2 Å². The number of aromatic hydroxyl groups is 1. The summed E-state index contributed by atoms with van der Waals surface area (Å²) < 4.78 is 18.8. The highest BCUT2D eigenvalue weighted by Crippen LogP contribution is 2.45. The average molecular weight is 747 g/mol. The van der Waals surface area contributed by atoms with Gasteiger partial charge in [0.15, 0.2) is 29.0 Å². The van der Waals surface area contributed by atoms with Gasteiger partial charge in [0.25, 0.3) is 0 Å². The number of aryl methyl sites for hydroxylation is 2. The van der Waals surface area contributed by atoms with Gasteiger partial charge in [0.05, 0.1) is 37.5 Å². The van der Waals surface area contributed by atoms with Crippen LogP contribution in [0.3, 0.4) is 0 Å². The van der Waals surface area contributed by atoms with Gasteiger partial charge in [0.2, 0.25) is 0 Å². The maximum atomic E-state index is 13.0. The number of carbonyl (C=O) groups excluding carboxylic acids is 1. The van der Waals surface area contributed by atoms with Gasteiger partial charge in [0.1, 0.15) is 12.5 Å². The number of phenolic OH excluding ortho intramolecular Hbond substituents is 1. The molecule has 12 heteroatoms. The third-order valence-corrected chi connectivity index (χ3v) is 12.7. The molecule has 52 heavy (non-hydrogen) atoms. The molecule has 0 saturated heterocycles. The number of methoxy groups -OCH3 is 1. The third-order valence-electron chi connectivity index (χ3n) is 10.2. The predicted octanol–water partition coefficient (Wildman–Crippen LogP) is 4.39. The first-order valence-electron chi connectivity index (χ1n) is 18.3. The number of nitrogens with two attached hydrogens (primary N) is 1. The number of nitrogens with zero attached hydrogens (tertiary/aromatic N) is 1. The average Bonchev–Trinajstić information content (AvgIpc) is 3.12. The number of Topliss-reactive ketones (excluding diaryl/α,β-unsaturated/α-hetero) is 1. The Labute approximate surface area is 315 Å². The minimum absolute atomic E-state index is 0.0122. The fourth-order valence-corrected chi connectivity index (χ4v) is 10.1. The number of ether oxygens (including phenoxy) is 3. The summed E-state index contributed by atoms with van der Waals surface area (Å²) >= 11 is 0. The van der Waals surface area contributed by atoms with Crippen molar-refractivity contribution in [3.8, 4) is 46.7 Å². The monoisotopic (exact) mass is 746 g/mol. The van der Waals surface area contributed by atoms with Crippen LogP contribution in [0, 0.1) is 41.4 Å². The van der Waals surface area contributed by atoms with Crippen molar-refractivity contribution in [3.05, 3.63) is 46.0 Å². The molecular weight excluding hydrogens is 697 g/mol. The second-order valence-corrected chi connectivity index (χ2v) is 16.8. The van der Waals surface area contributed by atoms with Crippen LogP contribution in [0.4, 0.5) is 0 Å². The molecule has 6 N–H and O–H groups in total. The Morgan fingerprint density at radius 1 is 1.06 bits per heavy atom. The van der Waals surface area contributed by atoms with Crippen LogP contribution < -0.4 is 30.6 Å². The fourth-order valence-electron chi connectivity index (χ4n) is 7.20. The molecule has 0 spiro atoms. The van der Waals surface area contributed by atoms with Crippen molar-refractivity contribution in [1.29, 1.82) is 0 Å². The minimum atomic E-state index is -0.785. The number of benzene rings is 2. The molecule has 278 valence electrons. The van der Waals surface area contributed by atoms with Gasteiger partial charge in [-0.25, -0.2) is 4.99 Å². The number of fused-ring (bicyclic) bond motifs is 9.